The molecule has 0 bridgehead atoms. The number of amides is 1. The van der Waals surface area contributed by atoms with Gasteiger partial charge in [0, 0.05) is 25.0 Å². The summed E-state index contributed by atoms with van der Waals surface area (Å²) in [5, 5.41) is 6.01. The summed E-state index contributed by atoms with van der Waals surface area (Å²) in [5.74, 6) is 0.0600. The third-order valence-electron chi connectivity index (χ3n) is 1.94. The van der Waals surface area contributed by atoms with Crippen LogP contribution in [0.15, 0.2) is 0 Å². The molecule has 1 rings (SSSR count). The highest BCUT2D eigenvalue weighted by Crippen LogP contribution is 2.01. The summed E-state index contributed by atoms with van der Waals surface area (Å²) >= 11 is 0. The lowest BCUT2D eigenvalue weighted by Crippen LogP contribution is -2.49. The molecule has 1 aliphatic heterocycles. The average Bonchev–Trinajstić information content (AvgIpc) is 1.90. The van der Waals surface area contributed by atoms with Gasteiger partial charge in [0.25, 0.3) is 0 Å². The number of halogens is 1. The molecule has 5 heteroatoms. The van der Waals surface area contributed by atoms with E-state index in [4.69, 9.17) is 4.74 Å². The summed E-state index contributed by atoms with van der Waals surface area (Å²) in [6, 6.07) is 0. The van der Waals surface area contributed by atoms with E-state index in [1.54, 1.807) is 0 Å². The van der Waals surface area contributed by atoms with Crippen LogP contribution in [0.2, 0.25) is 0 Å². The van der Waals surface area contributed by atoms with E-state index in [0.717, 1.165) is 13.1 Å². The number of hydrogen-bond acceptors (Lipinski definition) is 3. The number of rotatable bonds is 4. The van der Waals surface area contributed by atoms with Crippen molar-refractivity contribution < 1.29 is 9.53 Å². The van der Waals surface area contributed by atoms with E-state index in [-0.39, 0.29) is 23.9 Å². The van der Waals surface area contributed by atoms with Crippen molar-refractivity contribution in [3.05, 3.63) is 0 Å². The van der Waals surface area contributed by atoms with Crippen molar-refractivity contribution in [3.63, 3.8) is 0 Å². The van der Waals surface area contributed by atoms with Gasteiger partial charge in [-0.15, -0.1) is 12.4 Å². The number of hydrogen-bond donors (Lipinski definition) is 2. The molecule has 0 spiro atoms. The lowest BCUT2D eigenvalue weighted by molar-refractivity contribution is -0.124. The monoisotopic (exact) mass is 236 g/mol. The highest BCUT2D eigenvalue weighted by molar-refractivity contribution is 5.85. The highest BCUT2D eigenvalue weighted by Gasteiger charge is 2.18. The first kappa shape index (κ1) is 14.7. The van der Waals surface area contributed by atoms with Gasteiger partial charge in [-0.05, 0) is 20.8 Å². The molecule has 1 amide bonds. The molecular formula is C10H21ClN2O2. The van der Waals surface area contributed by atoms with Gasteiger partial charge in [-0.1, -0.05) is 0 Å². The number of carbonyl (C=O) groups excluding carboxylic acids is 1. The molecule has 0 aliphatic carbocycles. The molecule has 90 valence electrons. The summed E-state index contributed by atoms with van der Waals surface area (Å²) in [4.78, 5) is 11.3. The molecule has 1 heterocycles. The standard InChI is InChI=1S/C10H20N2O2.ClH/c1-10(2,3)12-9(13)4-5-14-8-6-11-7-8;/h8,11H,4-7H2,1-3H3,(H,12,13);1H. The van der Waals surface area contributed by atoms with Gasteiger partial charge < -0.3 is 15.4 Å². The first-order valence-corrected chi connectivity index (χ1v) is 5.11. The van der Waals surface area contributed by atoms with E-state index in [9.17, 15) is 4.79 Å². The molecule has 0 radical (unpaired) electrons. The van der Waals surface area contributed by atoms with Crippen LogP contribution < -0.4 is 10.6 Å². The third kappa shape index (κ3) is 6.71. The van der Waals surface area contributed by atoms with Gasteiger partial charge in [-0.3, -0.25) is 4.79 Å². The lowest BCUT2D eigenvalue weighted by Gasteiger charge is -2.27. The Morgan fingerprint density at radius 1 is 1.47 bits per heavy atom. The Hall–Kier alpha value is -0.320. The Balaban J connectivity index is 0.00000196. The number of nitrogens with one attached hydrogen (secondary N) is 2. The second-order valence-corrected chi connectivity index (χ2v) is 4.70. The topological polar surface area (TPSA) is 50.4 Å². The molecular weight excluding hydrogens is 216 g/mol. The summed E-state index contributed by atoms with van der Waals surface area (Å²) in [7, 11) is 0. The summed E-state index contributed by atoms with van der Waals surface area (Å²) in [6.07, 6.45) is 0.769. The first-order chi connectivity index (χ1) is 6.47. The van der Waals surface area contributed by atoms with Crippen molar-refractivity contribution >= 4 is 18.3 Å². The molecule has 0 unspecified atom stereocenters. The SMILES string of the molecule is CC(C)(C)NC(=O)CCOC1CNC1.Cl. The van der Waals surface area contributed by atoms with E-state index < -0.39 is 0 Å². The van der Waals surface area contributed by atoms with Crippen LogP contribution in [0.3, 0.4) is 0 Å². The molecule has 0 aromatic rings. The van der Waals surface area contributed by atoms with Crippen LogP contribution in [0.5, 0.6) is 0 Å². The fourth-order valence-electron chi connectivity index (χ4n) is 1.18. The minimum atomic E-state index is -0.144. The van der Waals surface area contributed by atoms with Crippen molar-refractivity contribution in [2.45, 2.75) is 38.8 Å². The van der Waals surface area contributed by atoms with E-state index in [0.29, 0.717) is 19.1 Å². The van der Waals surface area contributed by atoms with Crippen LogP contribution in [-0.4, -0.2) is 37.2 Å². The zero-order chi connectivity index (χ0) is 10.6. The van der Waals surface area contributed by atoms with Crippen LogP contribution in [0.25, 0.3) is 0 Å². The number of carbonyl (C=O) groups is 1. The smallest absolute Gasteiger partial charge is 0.222 e. The minimum Gasteiger partial charge on any atom is -0.375 e. The van der Waals surface area contributed by atoms with Crippen LogP contribution in [0, 0.1) is 0 Å². The fraction of sp³-hybridized carbons (Fsp3) is 0.900. The fourth-order valence-corrected chi connectivity index (χ4v) is 1.18. The maximum atomic E-state index is 11.3. The predicted octanol–water partition coefficient (Wildman–Crippen LogP) is 0.701. The Kier molecular flexibility index (Phi) is 6.17. The van der Waals surface area contributed by atoms with Gasteiger partial charge in [-0.2, -0.15) is 0 Å². The van der Waals surface area contributed by atoms with Crippen LogP contribution in [-0.2, 0) is 9.53 Å². The van der Waals surface area contributed by atoms with Crippen molar-refractivity contribution in [3.8, 4) is 0 Å². The quantitative estimate of drug-likeness (QED) is 0.756. The third-order valence-corrected chi connectivity index (χ3v) is 1.94. The normalized spacial score (nSPS) is 16.5. The van der Waals surface area contributed by atoms with Gasteiger partial charge in [0.15, 0.2) is 0 Å². The molecule has 0 atom stereocenters. The minimum absolute atomic E-state index is 0. The maximum absolute atomic E-state index is 11.3. The molecule has 1 aliphatic rings. The molecule has 1 saturated heterocycles. The lowest BCUT2D eigenvalue weighted by atomic mass is 10.1. The molecule has 0 aromatic heterocycles. The maximum Gasteiger partial charge on any atom is 0.222 e. The largest absolute Gasteiger partial charge is 0.375 e. The van der Waals surface area contributed by atoms with Gasteiger partial charge in [-0.25, -0.2) is 0 Å². The average molecular weight is 237 g/mol. The van der Waals surface area contributed by atoms with Gasteiger partial charge >= 0.3 is 0 Å². The molecule has 0 saturated carbocycles. The van der Waals surface area contributed by atoms with Gasteiger partial charge in [0.2, 0.25) is 5.91 Å². The molecule has 15 heavy (non-hydrogen) atoms. The molecule has 1 fully saturated rings. The molecule has 2 N–H and O–H groups in total. The van der Waals surface area contributed by atoms with Crippen LogP contribution >= 0.6 is 12.4 Å². The summed E-state index contributed by atoms with van der Waals surface area (Å²) in [5.41, 5.74) is -0.144. The van der Waals surface area contributed by atoms with Crippen molar-refractivity contribution in [2.24, 2.45) is 0 Å². The summed E-state index contributed by atoms with van der Waals surface area (Å²) in [6.45, 7) is 8.28. The zero-order valence-electron chi connectivity index (χ0n) is 9.63. The summed E-state index contributed by atoms with van der Waals surface area (Å²) < 4.78 is 5.44. The second kappa shape index (κ2) is 6.30. The molecule has 0 aromatic carbocycles. The van der Waals surface area contributed by atoms with Crippen molar-refractivity contribution in [1.82, 2.24) is 10.6 Å². The Morgan fingerprint density at radius 2 is 2.07 bits per heavy atom. The Labute approximate surface area is 97.5 Å². The van der Waals surface area contributed by atoms with E-state index >= 15 is 0 Å². The van der Waals surface area contributed by atoms with E-state index in [1.165, 1.54) is 0 Å². The highest BCUT2D eigenvalue weighted by atomic mass is 35.5. The first-order valence-electron chi connectivity index (χ1n) is 5.11. The second-order valence-electron chi connectivity index (χ2n) is 4.70. The molecule has 4 nitrogen and oxygen atoms in total. The van der Waals surface area contributed by atoms with Crippen LogP contribution in [0.1, 0.15) is 27.2 Å². The predicted molar refractivity (Wildman–Crippen MR) is 62.4 cm³/mol. The van der Waals surface area contributed by atoms with E-state index in [2.05, 4.69) is 10.6 Å². The van der Waals surface area contributed by atoms with Crippen molar-refractivity contribution in [2.75, 3.05) is 19.7 Å². The Morgan fingerprint density at radius 3 is 2.47 bits per heavy atom. The van der Waals surface area contributed by atoms with Crippen molar-refractivity contribution in [1.29, 1.82) is 0 Å². The Bertz CT molecular complexity index is 200. The number of ether oxygens (including phenoxy) is 1. The van der Waals surface area contributed by atoms with Crippen LogP contribution in [0.4, 0.5) is 0 Å². The van der Waals surface area contributed by atoms with Gasteiger partial charge in [0.05, 0.1) is 12.7 Å². The van der Waals surface area contributed by atoms with Gasteiger partial charge in [0.1, 0.15) is 0 Å². The zero-order valence-corrected chi connectivity index (χ0v) is 10.4. The van der Waals surface area contributed by atoms with E-state index in [1.807, 2.05) is 20.8 Å².